The predicted octanol–water partition coefficient (Wildman–Crippen LogP) is 0.471. The van der Waals surface area contributed by atoms with Gasteiger partial charge in [0.25, 0.3) is 0 Å². The third kappa shape index (κ3) is 8.06. The van der Waals surface area contributed by atoms with E-state index >= 15 is 0 Å². The first kappa shape index (κ1) is 31.4. The first-order valence-electron chi connectivity index (χ1n) is 13.2. The molecule has 0 aliphatic carbocycles. The zero-order valence-electron chi connectivity index (χ0n) is 21.9. The lowest BCUT2D eigenvalue weighted by Gasteiger charge is -2.47. The fourth-order valence-electron chi connectivity index (χ4n) is 4.64. The highest BCUT2D eigenvalue weighted by atomic mass is 79.9. The molecule has 11 nitrogen and oxygen atoms in total. The summed E-state index contributed by atoms with van der Waals surface area (Å²) < 4.78 is 35.6. The molecule has 12 heteroatoms. The minimum absolute atomic E-state index is 0.0757. The molecule has 0 spiro atoms. The lowest BCUT2D eigenvalue weighted by molar-refractivity contribution is -0.370. The second-order valence-corrected chi connectivity index (χ2v) is 10.4. The molecule has 0 saturated carbocycles. The molecule has 2 aliphatic heterocycles. The molecule has 2 aromatic carbocycles. The van der Waals surface area contributed by atoms with Crippen molar-refractivity contribution in [2.24, 2.45) is 0 Å². The van der Waals surface area contributed by atoms with Crippen LogP contribution in [0.15, 0.2) is 60.7 Å². The fraction of sp³-hybridized carbons (Fsp3) is 0.571. The number of aliphatic hydroxyl groups excluding tert-OH is 5. The van der Waals surface area contributed by atoms with Crippen LogP contribution in [0.2, 0.25) is 0 Å². The van der Waals surface area contributed by atoms with Crippen molar-refractivity contribution in [2.75, 3.05) is 25.2 Å². The molecule has 0 aromatic heterocycles. The number of hydrogen-bond acceptors (Lipinski definition) is 11. The van der Waals surface area contributed by atoms with Gasteiger partial charge in [-0.15, -0.1) is 0 Å². The molecule has 0 amide bonds. The van der Waals surface area contributed by atoms with Crippen LogP contribution in [0.4, 0.5) is 0 Å². The largest absolute Gasteiger partial charge is 0.394 e. The minimum atomic E-state index is -1.67. The SMILES string of the molecule is OCC1O[C@H](OC2C(O)[C@H](OCc3ccccc3)C(COCc3ccccc3)O[C@@H]2OCCBr)C(O)C(O)[C@@H]1O. The monoisotopic (exact) mass is 628 g/mol. The zero-order chi connectivity index (χ0) is 28.5. The van der Waals surface area contributed by atoms with Gasteiger partial charge in [-0.3, -0.25) is 0 Å². The second-order valence-electron chi connectivity index (χ2n) is 9.65. The number of benzene rings is 2. The van der Waals surface area contributed by atoms with Crippen LogP contribution in [0.25, 0.3) is 0 Å². The molecule has 2 saturated heterocycles. The third-order valence-electron chi connectivity index (χ3n) is 6.79. The summed E-state index contributed by atoms with van der Waals surface area (Å²) in [4.78, 5) is 0. The average Bonchev–Trinajstić information content (AvgIpc) is 2.98. The molecule has 40 heavy (non-hydrogen) atoms. The van der Waals surface area contributed by atoms with Crippen LogP contribution >= 0.6 is 15.9 Å². The number of aliphatic hydroxyl groups is 5. The van der Waals surface area contributed by atoms with Gasteiger partial charge in [0.15, 0.2) is 12.6 Å². The maximum atomic E-state index is 11.5. The molecule has 6 unspecified atom stereocenters. The van der Waals surface area contributed by atoms with Crippen LogP contribution in [-0.4, -0.2) is 112 Å². The Morgan fingerprint density at radius 3 is 1.93 bits per heavy atom. The normalized spacial score (nSPS) is 34.5. The van der Waals surface area contributed by atoms with Crippen LogP contribution < -0.4 is 0 Å². The van der Waals surface area contributed by atoms with E-state index in [0.717, 1.165) is 11.1 Å². The van der Waals surface area contributed by atoms with E-state index in [-0.39, 0.29) is 19.8 Å². The summed E-state index contributed by atoms with van der Waals surface area (Å²) in [6.07, 6.45) is -12.9. The van der Waals surface area contributed by atoms with Gasteiger partial charge in [0, 0.05) is 5.33 Å². The number of rotatable bonds is 13. The van der Waals surface area contributed by atoms with Gasteiger partial charge >= 0.3 is 0 Å². The van der Waals surface area contributed by atoms with E-state index in [4.69, 9.17) is 28.4 Å². The highest BCUT2D eigenvalue weighted by Gasteiger charge is 2.51. The standard InChI is InChI=1S/C28H37BrO11/c29-11-12-36-28-26(40-27-23(33)22(32)21(31)19(13-30)38-27)24(34)25(37-15-18-9-5-2-6-10-18)20(39-28)16-35-14-17-7-3-1-4-8-17/h1-10,19-28,30-34H,11-16H2/t19?,20?,21-,22?,23?,24?,25-,26?,27-,28+/m1/s1. The van der Waals surface area contributed by atoms with Gasteiger partial charge in [0.2, 0.25) is 0 Å². The van der Waals surface area contributed by atoms with E-state index in [9.17, 15) is 25.5 Å². The van der Waals surface area contributed by atoms with Crippen molar-refractivity contribution in [3.8, 4) is 0 Å². The van der Waals surface area contributed by atoms with Gasteiger partial charge in [0.05, 0.1) is 33.0 Å². The zero-order valence-corrected chi connectivity index (χ0v) is 23.4. The molecule has 0 bridgehead atoms. The summed E-state index contributed by atoms with van der Waals surface area (Å²) in [5, 5.41) is 52.5. The lowest BCUT2D eigenvalue weighted by Crippen LogP contribution is -2.65. The smallest absolute Gasteiger partial charge is 0.187 e. The quantitative estimate of drug-likeness (QED) is 0.196. The topological polar surface area (TPSA) is 157 Å². The minimum Gasteiger partial charge on any atom is -0.394 e. The molecule has 5 N–H and O–H groups in total. The lowest BCUT2D eigenvalue weighted by atomic mass is 9.97. The Morgan fingerprint density at radius 2 is 1.30 bits per heavy atom. The molecule has 2 aliphatic rings. The number of halogens is 1. The molecule has 0 radical (unpaired) electrons. The van der Waals surface area contributed by atoms with E-state index in [2.05, 4.69) is 15.9 Å². The van der Waals surface area contributed by atoms with Crippen LogP contribution in [0.1, 0.15) is 11.1 Å². The second kappa shape index (κ2) is 15.6. The molecule has 2 fully saturated rings. The van der Waals surface area contributed by atoms with Gasteiger partial charge in [-0.2, -0.15) is 0 Å². The van der Waals surface area contributed by atoms with E-state index in [1.165, 1.54) is 0 Å². The summed E-state index contributed by atoms with van der Waals surface area (Å²) in [7, 11) is 0. The van der Waals surface area contributed by atoms with E-state index < -0.39 is 68.0 Å². The van der Waals surface area contributed by atoms with Crippen molar-refractivity contribution < 1.29 is 54.0 Å². The van der Waals surface area contributed by atoms with Crippen molar-refractivity contribution in [3.05, 3.63) is 71.8 Å². The van der Waals surface area contributed by atoms with Gasteiger partial charge < -0.3 is 54.0 Å². The van der Waals surface area contributed by atoms with Gasteiger partial charge in [-0.25, -0.2) is 0 Å². The van der Waals surface area contributed by atoms with Crippen molar-refractivity contribution in [1.82, 2.24) is 0 Å². The number of hydrogen-bond donors (Lipinski definition) is 5. The summed E-state index contributed by atoms with van der Waals surface area (Å²) in [5.74, 6) is 0. The van der Waals surface area contributed by atoms with Crippen LogP contribution in [0.3, 0.4) is 0 Å². The summed E-state index contributed by atoms with van der Waals surface area (Å²) in [6.45, 7) is 0.147. The Morgan fingerprint density at radius 1 is 0.675 bits per heavy atom. The van der Waals surface area contributed by atoms with Crippen molar-refractivity contribution >= 4 is 15.9 Å². The average molecular weight is 629 g/mol. The molecule has 2 aromatic rings. The van der Waals surface area contributed by atoms with Crippen LogP contribution in [0, 0.1) is 0 Å². The highest BCUT2D eigenvalue weighted by molar-refractivity contribution is 9.09. The molecule has 4 rings (SSSR count). The van der Waals surface area contributed by atoms with Crippen molar-refractivity contribution in [1.29, 1.82) is 0 Å². The predicted molar refractivity (Wildman–Crippen MR) is 144 cm³/mol. The van der Waals surface area contributed by atoms with Crippen LogP contribution in [-0.2, 0) is 41.6 Å². The summed E-state index contributed by atoms with van der Waals surface area (Å²) >= 11 is 3.31. The number of ether oxygens (including phenoxy) is 6. The maximum absolute atomic E-state index is 11.5. The molecule has 2 heterocycles. The fourth-order valence-corrected chi connectivity index (χ4v) is 4.83. The molecular formula is C28H37BrO11. The Bertz CT molecular complexity index is 985. The third-order valence-corrected chi connectivity index (χ3v) is 7.12. The summed E-state index contributed by atoms with van der Waals surface area (Å²) in [6, 6.07) is 19.0. The first-order chi connectivity index (χ1) is 19.4. The molecule has 10 atom stereocenters. The first-order valence-corrected chi connectivity index (χ1v) is 14.3. The van der Waals surface area contributed by atoms with Crippen LogP contribution in [0.5, 0.6) is 0 Å². The van der Waals surface area contributed by atoms with Gasteiger partial charge in [0.1, 0.15) is 48.8 Å². The Balaban J connectivity index is 1.52. The van der Waals surface area contributed by atoms with E-state index in [1.54, 1.807) is 0 Å². The highest BCUT2D eigenvalue weighted by Crippen LogP contribution is 2.31. The van der Waals surface area contributed by atoms with Gasteiger partial charge in [-0.1, -0.05) is 76.6 Å². The van der Waals surface area contributed by atoms with Crippen molar-refractivity contribution in [2.45, 2.75) is 74.6 Å². The van der Waals surface area contributed by atoms with E-state index in [0.29, 0.717) is 11.9 Å². The Hall–Kier alpha value is -1.52. The molecule has 222 valence electrons. The van der Waals surface area contributed by atoms with Gasteiger partial charge in [-0.05, 0) is 11.1 Å². The Labute approximate surface area is 241 Å². The Kier molecular flexibility index (Phi) is 12.3. The number of alkyl halides is 1. The molecular weight excluding hydrogens is 592 g/mol. The maximum Gasteiger partial charge on any atom is 0.187 e. The summed E-state index contributed by atoms with van der Waals surface area (Å²) in [5.41, 5.74) is 1.85. The van der Waals surface area contributed by atoms with E-state index in [1.807, 2.05) is 60.7 Å². The van der Waals surface area contributed by atoms with Crippen molar-refractivity contribution in [3.63, 3.8) is 0 Å².